The molecule has 0 aliphatic carbocycles. The minimum absolute atomic E-state index is 0.103. The Morgan fingerprint density at radius 3 is 2.93 bits per heavy atom. The van der Waals surface area contributed by atoms with Crippen molar-refractivity contribution in [2.45, 2.75) is 13.0 Å². The van der Waals surface area contributed by atoms with Crippen LogP contribution in [0.25, 0.3) is 0 Å². The number of nitrogens with zero attached hydrogens (tertiary/aromatic N) is 3. The Labute approximate surface area is 91.4 Å². The third kappa shape index (κ3) is 2.27. The summed E-state index contributed by atoms with van der Waals surface area (Å²) in [4.78, 5) is 9.91. The van der Waals surface area contributed by atoms with Gasteiger partial charge in [-0.3, -0.25) is 0 Å². The van der Waals surface area contributed by atoms with Crippen molar-refractivity contribution in [1.82, 2.24) is 15.1 Å². The fraction of sp³-hybridized carbons (Fsp3) is 0.625. The van der Waals surface area contributed by atoms with E-state index in [0.29, 0.717) is 12.5 Å². The van der Waals surface area contributed by atoms with E-state index in [9.17, 15) is 10.1 Å². The molecule has 1 fully saturated rings. The van der Waals surface area contributed by atoms with E-state index < -0.39 is 4.92 Å². The average molecular weight is 231 g/mol. The van der Waals surface area contributed by atoms with Crippen LogP contribution < -0.4 is 5.32 Å². The predicted octanol–water partition coefficient (Wildman–Crippen LogP) is 1.05. The number of halogens is 1. The Morgan fingerprint density at radius 2 is 2.47 bits per heavy atom. The fourth-order valence-corrected chi connectivity index (χ4v) is 1.71. The highest BCUT2D eigenvalue weighted by Crippen LogP contribution is 2.21. The summed E-state index contributed by atoms with van der Waals surface area (Å²) in [6.45, 7) is 2.73. The van der Waals surface area contributed by atoms with E-state index in [1.807, 2.05) is 0 Å². The van der Waals surface area contributed by atoms with E-state index in [2.05, 4.69) is 10.4 Å². The topological polar surface area (TPSA) is 73.0 Å². The maximum Gasteiger partial charge on any atom is 0.408 e. The summed E-state index contributed by atoms with van der Waals surface area (Å²) in [5.74, 6) is 0.399. The van der Waals surface area contributed by atoms with Gasteiger partial charge in [0.2, 0.25) is 0 Å². The molecular weight excluding hydrogens is 220 g/mol. The standard InChI is InChI=1S/C8H11ClN4O2/c9-7-5-12(11-8(7)13(14)15)2-1-6-3-10-4-6/h5-6,10H,1-4H2. The lowest BCUT2D eigenvalue weighted by atomic mass is 10.00. The second-order valence-corrected chi connectivity index (χ2v) is 4.04. The smallest absolute Gasteiger partial charge is 0.358 e. The highest BCUT2D eigenvalue weighted by Gasteiger charge is 2.21. The second-order valence-electron chi connectivity index (χ2n) is 3.63. The summed E-state index contributed by atoms with van der Waals surface area (Å²) < 4.78 is 1.54. The molecule has 1 N–H and O–H groups in total. The first-order chi connectivity index (χ1) is 7.16. The van der Waals surface area contributed by atoms with Crippen molar-refractivity contribution >= 4 is 17.4 Å². The van der Waals surface area contributed by atoms with Crippen molar-refractivity contribution in [1.29, 1.82) is 0 Å². The normalized spacial score (nSPS) is 16.3. The van der Waals surface area contributed by atoms with Crippen LogP contribution in [0.4, 0.5) is 5.82 Å². The summed E-state index contributed by atoms with van der Waals surface area (Å²) >= 11 is 5.67. The zero-order valence-corrected chi connectivity index (χ0v) is 8.78. The molecule has 1 aliphatic heterocycles. The number of hydrogen-bond donors (Lipinski definition) is 1. The first-order valence-electron chi connectivity index (χ1n) is 4.75. The lowest BCUT2D eigenvalue weighted by Crippen LogP contribution is -2.42. The molecule has 2 heterocycles. The van der Waals surface area contributed by atoms with Gasteiger partial charge in [0.15, 0.2) is 5.02 Å². The SMILES string of the molecule is O=[N+]([O-])c1nn(CCC2CNC2)cc1Cl. The Hall–Kier alpha value is -1.14. The molecule has 0 radical (unpaired) electrons. The van der Waals surface area contributed by atoms with Crippen LogP contribution in [0, 0.1) is 16.0 Å². The van der Waals surface area contributed by atoms with Crippen molar-refractivity contribution in [2.75, 3.05) is 13.1 Å². The van der Waals surface area contributed by atoms with Crippen LogP contribution in [0.15, 0.2) is 6.20 Å². The lowest BCUT2D eigenvalue weighted by Gasteiger charge is -2.26. The van der Waals surface area contributed by atoms with Crippen molar-refractivity contribution in [2.24, 2.45) is 5.92 Å². The molecule has 1 aromatic heterocycles. The Morgan fingerprint density at radius 1 is 1.73 bits per heavy atom. The van der Waals surface area contributed by atoms with Crippen molar-refractivity contribution in [3.05, 3.63) is 21.3 Å². The molecule has 7 heteroatoms. The van der Waals surface area contributed by atoms with E-state index >= 15 is 0 Å². The molecule has 1 saturated heterocycles. The van der Waals surface area contributed by atoms with E-state index in [1.165, 1.54) is 6.20 Å². The van der Waals surface area contributed by atoms with E-state index in [4.69, 9.17) is 11.6 Å². The Bertz CT molecular complexity index is 375. The van der Waals surface area contributed by atoms with Crippen LogP contribution in [-0.2, 0) is 6.54 Å². The van der Waals surface area contributed by atoms with Gasteiger partial charge in [0, 0.05) is 0 Å². The predicted molar refractivity (Wildman–Crippen MR) is 54.9 cm³/mol. The molecule has 0 unspecified atom stereocenters. The van der Waals surface area contributed by atoms with E-state index in [0.717, 1.165) is 19.5 Å². The summed E-state index contributed by atoms with van der Waals surface area (Å²) in [6.07, 6.45) is 2.48. The van der Waals surface area contributed by atoms with Crippen LogP contribution in [0.2, 0.25) is 5.02 Å². The number of nitro groups is 1. The minimum atomic E-state index is -0.566. The highest BCUT2D eigenvalue weighted by atomic mass is 35.5. The van der Waals surface area contributed by atoms with Gasteiger partial charge in [0.1, 0.15) is 0 Å². The van der Waals surface area contributed by atoms with Gasteiger partial charge in [-0.05, 0) is 30.4 Å². The van der Waals surface area contributed by atoms with Gasteiger partial charge in [0.25, 0.3) is 0 Å². The number of hydrogen-bond acceptors (Lipinski definition) is 4. The third-order valence-corrected chi connectivity index (χ3v) is 2.77. The Balaban J connectivity index is 1.96. The number of rotatable bonds is 4. The molecule has 6 nitrogen and oxygen atoms in total. The molecule has 0 bridgehead atoms. The molecule has 0 atom stereocenters. The van der Waals surface area contributed by atoms with E-state index in [1.54, 1.807) is 4.68 Å². The molecule has 82 valence electrons. The molecule has 2 rings (SSSR count). The number of aryl methyl sites for hydroxylation is 1. The zero-order chi connectivity index (χ0) is 10.8. The Kier molecular flexibility index (Phi) is 2.88. The monoisotopic (exact) mass is 230 g/mol. The van der Waals surface area contributed by atoms with Crippen LogP contribution in [0.1, 0.15) is 6.42 Å². The molecule has 0 spiro atoms. The fourth-order valence-electron chi connectivity index (χ4n) is 1.49. The number of aromatic nitrogens is 2. The molecule has 1 aliphatic rings. The average Bonchev–Trinajstić information content (AvgIpc) is 2.44. The molecular formula is C8H11ClN4O2. The van der Waals surface area contributed by atoms with Crippen molar-refractivity contribution in [3.63, 3.8) is 0 Å². The van der Waals surface area contributed by atoms with Crippen LogP contribution in [0.5, 0.6) is 0 Å². The van der Waals surface area contributed by atoms with Crippen LogP contribution in [0.3, 0.4) is 0 Å². The summed E-state index contributed by atoms with van der Waals surface area (Å²) in [5, 5.41) is 17.6. The van der Waals surface area contributed by atoms with Gasteiger partial charge < -0.3 is 15.4 Å². The maximum atomic E-state index is 10.5. The van der Waals surface area contributed by atoms with Crippen molar-refractivity contribution < 1.29 is 4.92 Å². The van der Waals surface area contributed by atoms with Gasteiger partial charge in [-0.25, -0.2) is 0 Å². The van der Waals surface area contributed by atoms with Crippen molar-refractivity contribution in [3.8, 4) is 0 Å². The summed E-state index contributed by atoms with van der Waals surface area (Å²) in [6, 6.07) is 0. The van der Waals surface area contributed by atoms with Crippen LogP contribution in [-0.4, -0.2) is 27.8 Å². The van der Waals surface area contributed by atoms with Gasteiger partial charge in [-0.1, -0.05) is 11.6 Å². The third-order valence-electron chi connectivity index (χ3n) is 2.50. The second kappa shape index (κ2) is 4.16. The molecule has 0 aromatic carbocycles. The number of nitrogens with one attached hydrogen (secondary N) is 1. The largest absolute Gasteiger partial charge is 0.408 e. The first kappa shape index (κ1) is 10.4. The van der Waals surface area contributed by atoms with Gasteiger partial charge >= 0.3 is 5.82 Å². The zero-order valence-electron chi connectivity index (χ0n) is 8.02. The quantitative estimate of drug-likeness (QED) is 0.620. The molecule has 0 amide bonds. The maximum absolute atomic E-state index is 10.5. The highest BCUT2D eigenvalue weighted by molar-refractivity contribution is 6.32. The summed E-state index contributed by atoms with van der Waals surface area (Å²) in [5.41, 5.74) is 0. The van der Waals surface area contributed by atoms with Crippen LogP contribution >= 0.6 is 11.6 Å². The minimum Gasteiger partial charge on any atom is -0.358 e. The molecule has 0 saturated carbocycles. The molecule has 15 heavy (non-hydrogen) atoms. The summed E-state index contributed by atoms with van der Waals surface area (Å²) in [7, 11) is 0. The first-order valence-corrected chi connectivity index (χ1v) is 5.12. The van der Waals surface area contributed by atoms with Gasteiger partial charge in [0.05, 0.1) is 17.8 Å². The van der Waals surface area contributed by atoms with Gasteiger partial charge in [-0.2, -0.15) is 4.68 Å². The lowest BCUT2D eigenvalue weighted by molar-refractivity contribution is -0.389. The van der Waals surface area contributed by atoms with Gasteiger partial charge in [-0.15, -0.1) is 0 Å². The molecule has 1 aromatic rings. The van der Waals surface area contributed by atoms with E-state index in [-0.39, 0.29) is 10.8 Å².